The molecule has 0 aromatic rings. The fourth-order valence-electron chi connectivity index (χ4n) is 2.97. The summed E-state index contributed by atoms with van der Waals surface area (Å²) in [6.45, 7) is 6.09. The van der Waals surface area contributed by atoms with Crippen LogP contribution in [-0.4, -0.2) is 24.5 Å². The topological polar surface area (TPSA) is 3.24 Å². The zero-order valence-electron chi connectivity index (χ0n) is 8.59. The Bertz CT molecular complexity index is 164. The van der Waals surface area contributed by atoms with Crippen molar-refractivity contribution in [1.29, 1.82) is 0 Å². The zero-order valence-corrected chi connectivity index (χ0v) is 8.59. The first-order valence-corrected chi connectivity index (χ1v) is 5.38. The van der Waals surface area contributed by atoms with Gasteiger partial charge in [-0.05, 0) is 44.1 Å². The van der Waals surface area contributed by atoms with Gasteiger partial charge in [0.2, 0.25) is 0 Å². The number of piperidine rings is 1. The van der Waals surface area contributed by atoms with Crippen LogP contribution >= 0.6 is 0 Å². The highest BCUT2D eigenvalue weighted by atomic mass is 15.1. The average molecular weight is 167 g/mol. The van der Waals surface area contributed by atoms with Gasteiger partial charge in [0, 0.05) is 12.6 Å². The summed E-state index contributed by atoms with van der Waals surface area (Å²) in [7, 11) is 2.30. The summed E-state index contributed by atoms with van der Waals surface area (Å²) in [4.78, 5) is 2.59. The van der Waals surface area contributed by atoms with Crippen LogP contribution in [0.3, 0.4) is 0 Å². The van der Waals surface area contributed by atoms with Crippen LogP contribution in [0.15, 0.2) is 0 Å². The average Bonchev–Trinajstić information content (AvgIpc) is 1.96. The number of hydrogen-bond acceptors (Lipinski definition) is 1. The van der Waals surface area contributed by atoms with Crippen LogP contribution < -0.4 is 0 Å². The van der Waals surface area contributed by atoms with E-state index in [4.69, 9.17) is 0 Å². The zero-order chi connectivity index (χ0) is 8.72. The molecule has 1 saturated heterocycles. The quantitative estimate of drug-likeness (QED) is 0.579. The van der Waals surface area contributed by atoms with E-state index in [1.54, 1.807) is 0 Å². The minimum absolute atomic E-state index is 0.844. The molecule has 0 bridgehead atoms. The standard InChI is InChI=1S/C11H21N/c1-8(2)11-6-9-4-5-10(9)7-12(11)3/h8-11H,4-7H2,1-3H3/t9-,10+,11+/m1/s1. The molecule has 1 heterocycles. The molecule has 0 unspecified atom stereocenters. The second-order valence-corrected chi connectivity index (χ2v) is 5.08. The van der Waals surface area contributed by atoms with Crippen molar-refractivity contribution in [2.24, 2.45) is 17.8 Å². The first-order valence-electron chi connectivity index (χ1n) is 5.38. The van der Waals surface area contributed by atoms with Crippen molar-refractivity contribution in [3.05, 3.63) is 0 Å². The molecule has 1 aliphatic carbocycles. The number of fused-ring (bicyclic) bond motifs is 1. The van der Waals surface area contributed by atoms with E-state index in [1.165, 1.54) is 25.8 Å². The molecule has 1 saturated carbocycles. The molecule has 0 N–H and O–H groups in total. The van der Waals surface area contributed by atoms with Gasteiger partial charge >= 0.3 is 0 Å². The monoisotopic (exact) mass is 167 g/mol. The number of rotatable bonds is 1. The number of likely N-dealkylation sites (tertiary alicyclic amines) is 1. The summed E-state index contributed by atoms with van der Waals surface area (Å²) in [5.74, 6) is 3.00. The SMILES string of the molecule is CC(C)[C@@H]1C[C@H]2CC[C@H]2CN1C. The van der Waals surface area contributed by atoms with Gasteiger partial charge < -0.3 is 4.90 Å². The highest BCUT2D eigenvalue weighted by Gasteiger charge is 2.39. The van der Waals surface area contributed by atoms with Gasteiger partial charge in [0.05, 0.1) is 0 Å². The Balaban J connectivity index is 1.97. The lowest BCUT2D eigenvalue weighted by molar-refractivity contribution is 0.00314. The van der Waals surface area contributed by atoms with Gasteiger partial charge in [-0.15, -0.1) is 0 Å². The summed E-state index contributed by atoms with van der Waals surface area (Å²) in [5.41, 5.74) is 0. The second-order valence-electron chi connectivity index (χ2n) is 5.08. The summed E-state index contributed by atoms with van der Waals surface area (Å²) in [5, 5.41) is 0. The minimum atomic E-state index is 0.844. The molecule has 0 aromatic heterocycles. The Hall–Kier alpha value is -0.0400. The molecule has 2 aliphatic rings. The lowest BCUT2D eigenvalue weighted by atomic mass is 9.66. The molecule has 2 rings (SSSR count). The fraction of sp³-hybridized carbons (Fsp3) is 1.00. The molecule has 12 heavy (non-hydrogen) atoms. The first-order chi connectivity index (χ1) is 5.68. The van der Waals surface area contributed by atoms with E-state index >= 15 is 0 Å². The van der Waals surface area contributed by atoms with Crippen LogP contribution in [0, 0.1) is 17.8 Å². The Morgan fingerprint density at radius 2 is 1.83 bits per heavy atom. The predicted molar refractivity (Wildman–Crippen MR) is 52.1 cm³/mol. The van der Waals surface area contributed by atoms with Crippen molar-refractivity contribution in [2.75, 3.05) is 13.6 Å². The van der Waals surface area contributed by atoms with Gasteiger partial charge in [0.15, 0.2) is 0 Å². The van der Waals surface area contributed by atoms with Crippen LogP contribution in [0.25, 0.3) is 0 Å². The molecular formula is C11H21N. The molecule has 2 fully saturated rings. The van der Waals surface area contributed by atoms with E-state index in [0.29, 0.717) is 0 Å². The Morgan fingerprint density at radius 1 is 1.17 bits per heavy atom. The first kappa shape index (κ1) is 8.55. The maximum absolute atomic E-state index is 2.59. The third kappa shape index (κ3) is 1.28. The number of nitrogens with zero attached hydrogens (tertiary/aromatic N) is 1. The van der Waals surface area contributed by atoms with Gasteiger partial charge in [-0.1, -0.05) is 13.8 Å². The molecular weight excluding hydrogens is 146 g/mol. The Labute approximate surface area is 76.1 Å². The van der Waals surface area contributed by atoms with Crippen LogP contribution in [0.5, 0.6) is 0 Å². The molecule has 70 valence electrons. The molecule has 1 heteroatoms. The molecule has 0 amide bonds. The van der Waals surface area contributed by atoms with Gasteiger partial charge in [-0.25, -0.2) is 0 Å². The van der Waals surface area contributed by atoms with E-state index in [1.807, 2.05) is 0 Å². The normalized spacial score (nSPS) is 42.5. The molecule has 0 radical (unpaired) electrons. The van der Waals surface area contributed by atoms with Crippen LogP contribution in [0.2, 0.25) is 0 Å². The van der Waals surface area contributed by atoms with Crippen LogP contribution in [-0.2, 0) is 0 Å². The summed E-state index contributed by atoms with van der Waals surface area (Å²) < 4.78 is 0. The molecule has 0 aromatic carbocycles. The van der Waals surface area contributed by atoms with E-state index in [0.717, 1.165) is 23.8 Å². The maximum atomic E-state index is 2.59. The second kappa shape index (κ2) is 3.02. The van der Waals surface area contributed by atoms with Crippen molar-refractivity contribution < 1.29 is 0 Å². The smallest absolute Gasteiger partial charge is 0.0118 e. The highest BCUT2D eigenvalue weighted by molar-refractivity contribution is 4.92. The molecule has 3 atom stereocenters. The summed E-state index contributed by atoms with van der Waals surface area (Å²) >= 11 is 0. The van der Waals surface area contributed by atoms with Crippen molar-refractivity contribution in [3.63, 3.8) is 0 Å². The third-order valence-corrected chi connectivity index (χ3v) is 3.98. The summed E-state index contributed by atoms with van der Waals surface area (Å²) in [6, 6.07) is 0.867. The predicted octanol–water partition coefficient (Wildman–Crippen LogP) is 2.37. The largest absolute Gasteiger partial charge is 0.303 e. The van der Waals surface area contributed by atoms with Crippen molar-refractivity contribution in [1.82, 2.24) is 4.90 Å². The van der Waals surface area contributed by atoms with Crippen LogP contribution in [0.4, 0.5) is 0 Å². The fourth-order valence-corrected chi connectivity index (χ4v) is 2.97. The summed E-state index contributed by atoms with van der Waals surface area (Å²) in [6.07, 6.45) is 4.49. The minimum Gasteiger partial charge on any atom is -0.303 e. The van der Waals surface area contributed by atoms with Crippen molar-refractivity contribution in [2.45, 2.75) is 39.2 Å². The molecule has 1 nitrogen and oxygen atoms in total. The lowest BCUT2D eigenvalue weighted by Crippen LogP contribution is -2.50. The van der Waals surface area contributed by atoms with Crippen LogP contribution in [0.1, 0.15) is 33.1 Å². The lowest BCUT2D eigenvalue weighted by Gasteiger charge is -2.49. The van der Waals surface area contributed by atoms with E-state index in [9.17, 15) is 0 Å². The highest BCUT2D eigenvalue weighted by Crippen LogP contribution is 2.43. The van der Waals surface area contributed by atoms with Crippen molar-refractivity contribution in [3.8, 4) is 0 Å². The van der Waals surface area contributed by atoms with E-state index < -0.39 is 0 Å². The van der Waals surface area contributed by atoms with Crippen molar-refractivity contribution >= 4 is 0 Å². The molecule has 1 aliphatic heterocycles. The Kier molecular flexibility index (Phi) is 2.16. The Morgan fingerprint density at radius 3 is 2.33 bits per heavy atom. The van der Waals surface area contributed by atoms with Gasteiger partial charge in [0.25, 0.3) is 0 Å². The molecule has 0 spiro atoms. The van der Waals surface area contributed by atoms with Gasteiger partial charge in [-0.3, -0.25) is 0 Å². The third-order valence-electron chi connectivity index (χ3n) is 3.98. The van der Waals surface area contributed by atoms with Gasteiger partial charge in [-0.2, -0.15) is 0 Å². The van der Waals surface area contributed by atoms with Gasteiger partial charge in [0.1, 0.15) is 0 Å². The van der Waals surface area contributed by atoms with E-state index in [-0.39, 0.29) is 0 Å². The van der Waals surface area contributed by atoms with E-state index in [2.05, 4.69) is 25.8 Å². The maximum Gasteiger partial charge on any atom is 0.0118 e. The number of hydrogen-bond donors (Lipinski definition) is 0.